The van der Waals surface area contributed by atoms with Gasteiger partial charge in [-0.25, -0.2) is 0 Å². The minimum absolute atomic E-state index is 0.00315. The number of anilines is 1. The molecule has 1 aliphatic carbocycles. The maximum absolute atomic E-state index is 12.6. The average Bonchev–Trinajstić information content (AvgIpc) is 3.21. The molecule has 2 N–H and O–H groups in total. The Kier molecular flexibility index (Phi) is 6.52. The predicted octanol–water partition coefficient (Wildman–Crippen LogP) is 3.74. The molecule has 1 aliphatic rings. The summed E-state index contributed by atoms with van der Waals surface area (Å²) in [6.45, 7) is 2.86. The lowest BCUT2D eigenvalue weighted by atomic mass is 9.81. The van der Waals surface area contributed by atoms with Crippen molar-refractivity contribution in [2.24, 2.45) is 11.8 Å². The number of hydrogen-bond donors (Lipinski definition) is 2. The molecular formula is C21H26N2O4. The van der Waals surface area contributed by atoms with Gasteiger partial charge in [0.1, 0.15) is 11.5 Å². The highest BCUT2D eigenvalue weighted by atomic mass is 16.5. The molecule has 6 nitrogen and oxygen atoms in total. The number of para-hydroxylation sites is 2. The van der Waals surface area contributed by atoms with E-state index < -0.39 is 0 Å². The van der Waals surface area contributed by atoms with Gasteiger partial charge in [0.25, 0.3) is 0 Å². The van der Waals surface area contributed by atoms with Crippen LogP contribution in [-0.2, 0) is 16.1 Å². The third kappa shape index (κ3) is 5.12. The molecule has 3 rings (SSSR count). The first-order chi connectivity index (χ1) is 13.2. The van der Waals surface area contributed by atoms with Gasteiger partial charge in [0.05, 0.1) is 25.1 Å². The van der Waals surface area contributed by atoms with Gasteiger partial charge in [0.15, 0.2) is 0 Å². The van der Waals surface area contributed by atoms with Gasteiger partial charge in [-0.1, -0.05) is 12.1 Å². The molecule has 0 aliphatic heterocycles. The number of benzene rings is 1. The molecule has 1 heterocycles. The van der Waals surface area contributed by atoms with Gasteiger partial charge in [-0.15, -0.1) is 0 Å². The number of rotatable bonds is 7. The molecule has 0 unspecified atom stereocenters. The quantitative estimate of drug-likeness (QED) is 0.778. The molecule has 0 bridgehead atoms. The zero-order valence-electron chi connectivity index (χ0n) is 15.6. The average molecular weight is 370 g/mol. The van der Waals surface area contributed by atoms with Crippen LogP contribution in [-0.4, -0.2) is 18.4 Å². The fraction of sp³-hybridized carbons (Fsp3) is 0.429. The third-order valence-corrected chi connectivity index (χ3v) is 4.93. The Hall–Kier alpha value is -2.76. The lowest BCUT2D eigenvalue weighted by Gasteiger charge is -2.27. The number of hydrogen-bond acceptors (Lipinski definition) is 4. The van der Waals surface area contributed by atoms with Crippen LogP contribution in [0, 0.1) is 11.8 Å². The van der Waals surface area contributed by atoms with Gasteiger partial charge in [-0.05, 0) is 56.9 Å². The van der Waals surface area contributed by atoms with Gasteiger partial charge in [-0.2, -0.15) is 0 Å². The number of nitrogens with one attached hydrogen (secondary N) is 2. The van der Waals surface area contributed by atoms with E-state index in [9.17, 15) is 9.59 Å². The number of ether oxygens (including phenoxy) is 1. The topological polar surface area (TPSA) is 80.6 Å². The summed E-state index contributed by atoms with van der Waals surface area (Å²) >= 11 is 0. The summed E-state index contributed by atoms with van der Waals surface area (Å²) in [4.78, 5) is 24.9. The van der Waals surface area contributed by atoms with Crippen molar-refractivity contribution in [3.63, 3.8) is 0 Å². The SMILES string of the molecule is CCOc1ccccc1NC(=O)C1CCC(C(=O)NCc2ccco2)CC1. The standard InChI is InChI=1S/C21H26N2O4/c1-2-26-19-8-4-3-7-18(19)23-21(25)16-11-9-15(10-12-16)20(24)22-14-17-6-5-13-27-17/h3-8,13,15-16H,2,9-12,14H2,1H3,(H,22,24)(H,23,25). The molecule has 144 valence electrons. The third-order valence-electron chi connectivity index (χ3n) is 4.93. The van der Waals surface area contributed by atoms with E-state index in [1.165, 1.54) is 0 Å². The maximum Gasteiger partial charge on any atom is 0.227 e. The molecular weight excluding hydrogens is 344 g/mol. The van der Waals surface area contributed by atoms with E-state index in [0.717, 1.165) is 18.6 Å². The van der Waals surface area contributed by atoms with Gasteiger partial charge in [0, 0.05) is 11.8 Å². The molecule has 6 heteroatoms. The summed E-state index contributed by atoms with van der Waals surface area (Å²) in [5.41, 5.74) is 0.697. The molecule has 2 amide bonds. The molecule has 1 fully saturated rings. The number of carbonyl (C=O) groups excluding carboxylic acids is 2. The van der Waals surface area contributed by atoms with Crippen LogP contribution in [0.1, 0.15) is 38.4 Å². The van der Waals surface area contributed by atoms with Gasteiger partial charge >= 0.3 is 0 Å². The smallest absolute Gasteiger partial charge is 0.227 e. The zero-order chi connectivity index (χ0) is 19.1. The van der Waals surface area contributed by atoms with E-state index in [-0.39, 0.29) is 23.7 Å². The molecule has 1 aromatic heterocycles. The van der Waals surface area contributed by atoms with Gasteiger partial charge in [0.2, 0.25) is 11.8 Å². The van der Waals surface area contributed by atoms with Crippen molar-refractivity contribution in [2.75, 3.05) is 11.9 Å². The molecule has 27 heavy (non-hydrogen) atoms. The van der Waals surface area contributed by atoms with E-state index in [1.54, 1.807) is 12.3 Å². The summed E-state index contributed by atoms with van der Waals surface area (Å²) in [6.07, 6.45) is 4.45. The number of furan rings is 1. The fourth-order valence-electron chi connectivity index (χ4n) is 3.44. The summed E-state index contributed by atoms with van der Waals surface area (Å²) < 4.78 is 10.8. The molecule has 0 atom stereocenters. The molecule has 2 aromatic rings. The minimum atomic E-state index is -0.0752. The Balaban J connectivity index is 1.47. The Morgan fingerprint density at radius 2 is 1.74 bits per heavy atom. The number of carbonyl (C=O) groups is 2. The van der Waals surface area contributed by atoms with Crippen LogP contribution in [0.5, 0.6) is 5.75 Å². The molecule has 0 spiro atoms. The highest BCUT2D eigenvalue weighted by Crippen LogP contribution is 2.31. The van der Waals surface area contributed by atoms with E-state index in [2.05, 4.69) is 10.6 Å². The largest absolute Gasteiger partial charge is 0.492 e. The highest BCUT2D eigenvalue weighted by Gasteiger charge is 2.30. The van der Waals surface area contributed by atoms with Crippen LogP contribution in [0.2, 0.25) is 0 Å². The van der Waals surface area contributed by atoms with Crippen molar-refractivity contribution in [3.8, 4) is 5.75 Å². The summed E-state index contributed by atoms with van der Waals surface area (Å²) in [5, 5.41) is 5.89. The normalized spacial score (nSPS) is 19.3. The second-order valence-electron chi connectivity index (χ2n) is 6.76. The van der Waals surface area contributed by atoms with E-state index >= 15 is 0 Å². The summed E-state index contributed by atoms with van der Waals surface area (Å²) in [6, 6.07) is 11.1. The van der Waals surface area contributed by atoms with Gasteiger partial charge < -0.3 is 19.8 Å². The van der Waals surface area contributed by atoms with Crippen LogP contribution in [0.15, 0.2) is 47.1 Å². The first-order valence-corrected chi connectivity index (χ1v) is 9.50. The Labute approximate surface area is 159 Å². The summed E-state index contributed by atoms with van der Waals surface area (Å²) in [5.74, 6) is 1.33. The Bertz CT molecular complexity index is 749. The first kappa shape index (κ1) is 19.0. The van der Waals surface area contributed by atoms with Crippen molar-refractivity contribution in [1.82, 2.24) is 5.32 Å². The Morgan fingerprint density at radius 3 is 2.41 bits per heavy atom. The lowest BCUT2D eigenvalue weighted by Crippen LogP contribution is -2.35. The van der Waals surface area contributed by atoms with Crippen LogP contribution < -0.4 is 15.4 Å². The minimum Gasteiger partial charge on any atom is -0.492 e. The highest BCUT2D eigenvalue weighted by molar-refractivity contribution is 5.94. The van der Waals surface area contributed by atoms with Crippen LogP contribution in [0.25, 0.3) is 0 Å². The van der Waals surface area contributed by atoms with Crippen molar-refractivity contribution in [2.45, 2.75) is 39.2 Å². The van der Waals surface area contributed by atoms with E-state index in [4.69, 9.17) is 9.15 Å². The van der Waals surface area contributed by atoms with Crippen molar-refractivity contribution >= 4 is 17.5 Å². The second kappa shape index (κ2) is 9.26. The molecule has 1 aromatic carbocycles. The van der Waals surface area contributed by atoms with Crippen molar-refractivity contribution < 1.29 is 18.7 Å². The molecule has 0 radical (unpaired) electrons. The molecule has 1 saturated carbocycles. The monoisotopic (exact) mass is 370 g/mol. The zero-order valence-corrected chi connectivity index (χ0v) is 15.6. The van der Waals surface area contributed by atoms with Gasteiger partial charge in [-0.3, -0.25) is 9.59 Å². The predicted molar refractivity (Wildman–Crippen MR) is 102 cm³/mol. The fourth-order valence-corrected chi connectivity index (χ4v) is 3.44. The number of amides is 2. The molecule has 0 saturated heterocycles. The Morgan fingerprint density at radius 1 is 1.04 bits per heavy atom. The summed E-state index contributed by atoms with van der Waals surface area (Å²) in [7, 11) is 0. The maximum atomic E-state index is 12.6. The first-order valence-electron chi connectivity index (χ1n) is 9.50. The van der Waals surface area contributed by atoms with Crippen LogP contribution >= 0.6 is 0 Å². The lowest BCUT2D eigenvalue weighted by molar-refractivity contribution is -0.128. The van der Waals surface area contributed by atoms with Crippen LogP contribution in [0.3, 0.4) is 0 Å². The van der Waals surface area contributed by atoms with E-state index in [1.807, 2.05) is 37.3 Å². The second-order valence-corrected chi connectivity index (χ2v) is 6.76. The van der Waals surface area contributed by atoms with Crippen LogP contribution in [0.4, 0.5) is 5.69 Å². The van der Waals surface area contributed by atoms with E-state index in [0.29, 0.717) is 37.4 Å². The van der Waals surface area contributed by atoms with Crippen molar-refractivity contribution in [1.29, 1.82) is 0 Å². The van der Waals surface area contributed by atoms with Crippen molar-refractivity contribution in [3.05, 3.63) is 48.4 Å².